The molecular weight excluding hydrogens is 174 g/mol. The number of hydrogen-bond donors (Lipinski definition) is 0. The summed E-state index contributed by atoms with van der Waals surface area (Å²) in [5.41, 5.74) is 1.59. The maximum Gasteiger partial charge on any atom is 0.123 e. The molecule has 1 aliphatic rings. The molecule has 1 aromatic rings. The summed E-state index contributed by atoms with van der Waals surface area (Å²) >= 11 is 0. The van der Waals surface area contributed by atoms with Crippen molar-refractivity contribution in [3.63, 3.8) is 0 Å². The van der Waals surface area contributed by atoms with Crippen molar-refractivity contribution in [2.75, 3.05) is 0 Å². The van der Waals surface area contributed by atoms with E-state index < -0.39 is 0 Å². The van der Waals surface area contributed by atoms with Gasteiger partial charge in [0.15, 0.2) is 0 Å². The van der Waals surface area contributed by atoms with E-state index in [2.05, 4.69) is 26.3 Å². The second kappa shape index (κ2) is 3.02. The number of nitriles is 1. The van der Waals surface area contributed by atoms with Crippen LogP contribution in [0.15, 0.2) is 18.2 Å². The zero-order valence-electron chi connectivity index (χ0n) is 8.37. The first kappa shape index (κ1) is 9.08. The van der Waals surface area contributed by atoms with E-state index in [1.54, 1.807) is 6.07 Å². The van der Waals surface area contributed by atoms with Gasteiger partial charge in [-0.25, -0.2) is 0 Å². The molecule has 2 heteroatoms. The average Bonchev–Trinajstić information content (AvgIpc) is 2.16. The SMILES string of the molecule is CC1(C)C[CH]c2cc(C#N)ccc2O1. The number of rotatable bonds is 0. The second-order valence-electron chi connectivity index (χ2n) is 4.13. The van der Waals surface area contributed by atoms with Gasteiger partial charge in [-0.15, -0.1) is 0 Å². The lowest BCUT2D eigenvalue weighted by molar-refractivity contribution is 0.0988. The van der Waals surface area contributed by atoms with Crippen molar-refractivity contribution >= 4 is 0 Å². The van der Waals surface area contributed by atoms with Crippen molar-refractivity contribution < 1.29 is 4.74 Å². The Bertz CT molecular complexity index is 401. The van der Waals surface area contributed by atoms with Crippen molar-refractivity contribution in [1.29, 1.82) is 5.26 Å². The summed E-state index contributed by atoms with van der Waals surface area (Å²) in [4.78, 5) is 0. The molecule has 0 aromatic heterocycles. The summed E-state index contributed by atoms with van der Waals surface area (Å²) in [6, 6.07) is 7.64. The van der Waals surface area contributed by atoms with Crippen LogP contribution in [0.1, 0.15) is 31.4 Å². The first-order valence-corrected chi connectivity index (χ1v) is 4.67. The minimum absolute atomic E-state index is 0.124. The fourth-order valence-corrected chi connectivity index (χ4v) is 1.57. The largest absolute Gasteiger partial charge is 0.488 e. The van der Waals surface area contributed by atoms with E-state index in [9.17, 15) is 0 Å². The Labute approximate surface area is 84.1 Å². The van der Waals surface area contributed by atoms with Gasteiger partial charge in [0.05, 0.1) is 11.6 Å². The van der Waals surface area contributed by atoms with Crippen molar-refractivity contribution in [2.24, 2.45) is 0 Å². The molecule has 14 heavy (non-hydrogen) atoms. The minimum Gasteiger partial charge on any atom is -0.488 e. The van der Waals surface area contributed by atoms with Crippen LogP contribution < -0.4 is 4.74 Å². The van der Waals surface area contributed by atoms with Crippen LogP contribution in [0, 0.1) is 17.8 Å². The lowest BCUT2D eigenvalue weighted by atomic mass is 9.93. The monoisotopic (exact) mass is 186 g/mol. The Morgan fingerprint density at radius 1 is 1.43 bits per heavy atom. The summed E-state index contributed by atoms with van der Waals surface area (Å²) in [7, 11) is 0. The van der Waals surface area contributed by atoms with Crippen molar-refractivity contribution in [1.82, 2.24) is 0 Å². The van der Waals surface area contributed by atoms with E-state index in [0.717, 1.165) is 17.7 Å². The lowest BCUT2D eigenvalue weighted by Crippen LogP contribution is -2.31. The van der Waals surface area contributed by atoms with E-state index in [1.165, 1.54) is 0 Å². The lowest BCUT2D eigenvalue weighted by Gasteiger charge is -2.32. The van der Waals surface area contributed by atoms with Crippen LogP contribution in [0.4, 0.5) is 0 Å². The van der Waals surface area contributed by atoms with Gasteiger partial charge in [-0.05, 0) is 50.5 Å². The van der Waals surface area contributed by atoms with Crippen LogP contribution in [-0.2, 0) is 0 Å². The number of ether oxygens (including phenoxy) is 1. The Hall–Kier alpha value is -1.49. The molecule has 0 spiro atoms. The van der Waals surface area contributed by atoms with Gasteiger partial charge in [0.1, 0.15) is 11.4 Å². The Kier molecular flexibility index (Phi) is 1.96. The molecular formula is C12H12NO. The van der Waals surface area contributed by atoms with Crippen LogP contribution in [0.3, 0.4) is 0 Å². The van der Waals surface area contributed by atoms with Crippen LogP contribution in [0.2, 0.25) is 0 Å². The maximum absolute atomic E-state index is 8.74. The number of nitrogens with zero attached hydrogens (tertiary/aromatic N) is 1. The highest BCUT2D eigenvalue weighted by atomic mass is 16.5. The summed E-state index contributed by atoms with van der Waals surface area (Å²) in [5.74, 6) is 0.875. The average molecular weight is 186 g/mol. The van der Waals surface area contributed by atoms with Crippen LogP contribution in [-0.4, -0.2) is 5.60 Å². The van der Waals surface area contributed by atoms with Crippen LogP contribution in [0.5, 0.6) is 5.75 Å². The summed E-state index contributed by atoms with van der Waals surface area (Å²) in [6.07, 6.45) is 3.01. The molecule has 0 atom stereocenters. The van der Waals surface area contributed by atoms with Crippen LogP contribution >= 0.6 is 0 Å². The molecule has 1 radical (unpaired) electrons. The molecule has 0 amide bonds. The topological polar surface area (TPSA) is 33.0 Å². The zero-order valence-corrected chi connectivity index (χ0v) is 8.37. The summed E-state index contributed by atoms with van der Waals surface area (Å²) < 4.78 is 5.78. The first-order valence-electron chi connectivity index (χ1n) is 4.67. The predicted octanol–water partition coefficient (Wildman–Crippen LogP) is 2.67. The zero-order chi connectivity index (χ0) is 10.2. The van der Waals surface area contributed by atoms with Gasteiger partial charge >= 0.3 is 0 Å². The standard InChI is InChI=1S/C12H12NO/c1-12(2)6-5-10-7-9(8-13)3-4-11(10)14-12/h3-5,7H,6H2,1-2H3. The van der Waals surface area contributed by atoms with E-state index in [4.69, 9.17) is 10.00 Å². The van der Waals surface area contributed by atoms with Gasteiger partial charge in [-0.2, -0.15) is 5.26 Å². The predicted molar refractivity (Wildman–Crippen MR) is 53.9 cm³/mol. The summed E-state index contributed by atoms with van der Waals surface area (Å²) in [6.45, 7) is 4.12. The molecule has 2 rings (SSSR count). The third kappa shape index (κ3) is 1.58. The first-order chi connectivity index (χ1) is 6.61. The fraction of sp³-hybridized carbons (Fsp3) is 0.333. The molecule has 0 bridgehead atoms. The van der Waals surface area contributed by atoms with Crippen molar-refractivity contribution in [3.8, 4) is 11.8 Å². The highest BCUT2D eigenvalue weighted by Crippen LogP contribution is 2.34. The number of hydrogen-bond acceptors (Lipinski definition) is 2. The molecule has 0 fully saturated rings. The highest BCUT2D eigenvalue weighted by molar-refractivity contribution is 5.47. The van der Waals surface area contributed by atoms with Gasteiger partial charge in [-0.3, -0.25) is 0 Å². The van der Waals surface area contributed by atoms with Gasteiger partial charge in [-0.1, -0.05) is 0 Å². The fourth-order valence-electron chi connectivity index (χ4n) is 1.57. The molecule has 1 heterocycles. The van der Waals surface area contributed by atoms with E-state index in [1.807, 2.05) is 12.1 Å². The smallest absolute Gasteiger partial charge is 0.123 e. The van der Waals surface area contributed by atoms with Crippen LogP contribution in [0.25, 0.3) is 0 Å². The van der Waals surface area contributed by atoms with Crippen molar-refractivity contribution in [2.45, 2.75) is 25.9 Å². The quantitative estimate of drug-likeness (QED) is 0.624. The molecule has 0 N–H and O–H groups in total. The Morgan fingerprint density at radius 3 is 2.93 bits per heavy atom. The maximum atomic E-state index is 8.74. The number of benzene rings is 1. The van der Waals surface area contributed by atoms with Crippen molar-refractivity contribution in [3.05, 3.63) is 35.7 Å². The van der Waals surface area contributed by atoms with E-state index >= 15 is 0 Å². The van der Waals surface area contributed by atoms with Gasteiger partial charge in [0, 0.05) is 0 Å². The second-order valence-corrected chi connectivity index (χ2v) is 4.13. The molecule has 1 aromatic carbocycles. The highest BCUT2D eigenvalue weighted by Gasteiger charge is 2.26. The molecule has 0 unspecified atom stereocenters. The molecule has 0 saturated carbocycles. The molecule has 71 valence electrons. The Morgan fingerprint density at radius 2 is 2.21 bits per heavy atom. The van der Waals surface area contributed by atoms with E-state index in [-0.39, 0.29) is 5.60 Å². The third-order valence-electron chi connectivity index (χ3n) is 2.34. The normalized spacial score (nSPS) is 17.8. The minimum atomic E-state index is -0.124. The molecule has 2 nitrogen and oxygen atoms in total. The molecule has 0 saturated heterocycles. The van der Waals surface area contributed by atoms with Gasteiger partial charge in [0.2, 0.25) is 0 Å². The third-order valence-corrected chi connectivity index (χ3v) is 2.34. The molecule has 0 aliphatic carbocycles. The number of fused-ring (bicyclic) bond motifs is 1. The van der Waals surface area contributed by atoms with E-state index in [0.29, 0.717) is 5.56 Å². The van der Waals surface area contributed by atoms with Gasteiger partial charge < -0.3 is 4.74 Å². The molecule has 1 aliphatic heterocycles. The Balaban J connectivity index is 2.38. The summed E-state index contributed by atoms with van der Waals surface area (Å²) in [5, 5.41) is 8.74. The van der Waals surface area contributed by atoms with Gasteiger partial charge in [0.25, 0.3) is 0 Å².